The van der Waals surface area contributed by atoms with Gasteiger partial charge in [-0.25, -0.2) is 18.6 Å². The van der Waals surface area contributed by atoms with E-state index in [1.807, 2.05) is 0 Å². The van der Waals surface area contributed by atoms with Crippen molar-refractivity contribution in [3.8, 4) is 11.3 Å². The lowest BCUT2D eigenvalue weighted by Gasteiger charge is -2.22. The Morgan fingerprint density at radius 3 is 2.72 bits per heavy atom. The SMILES string of the molecule is CC1(c2ccc(F)cc2F)NC(=O)N(Cc2ncc(-c3cccc(Cl)c3)o2)C1=O. The normalized spacial score (nSPS) is 19.0. The van der Waals surface area contributed by atoms with Gasteiger partial charge in [-0.15, -0.1) is 0 Å². The van der Waals surface area contributed by atoms with Crippen molar-refractivity contribution in [2.45, 2.75) is 19.0 Å². The maximum absolute atomic E-state index is 14.2. The van der Waals surface area contributed by atoms with Crippen molar-refractivity contribution in [3.63, 3.8) is 0 Å². The number of amides is 3. The maximum atomic E-state index is 14.2. The second kappa shape index (κ2) is 6.97. The average Bonchev–Trinajstić information content (AvgIpc) is 3.21. The minimum Gasteiger partial charge on any atom is -0.439 e. The van der Waals surface area contributed by atoms with Crippen LogP contribution in [0.1, 0.15) is 18.4 Å². The third kappa shape index (κ3) is 3.36. The molecule has 1 unspecified atom stereocenters. The number of benzene rings is 2. The lowest BCUT2D eigenvalue weighted by atomic mass is 9.91. The standard InChI is InChI=1S/C20H14ClF2N3O3/c1-20(14-6-5-13(22)8-15(14)23)18(27)26(19(28)25-20)10-17-24-9-16(29-17)11-3-2-4-12(21)7-11/h2-9H,10H2,1H3,(H,25,28). The molecule has 1 aliphatic heterocycles. The molecule has 3 amide bonds. The highest BCUT2D eigenvalue weighted by atomic mass is 35.5. The first-order valence-electron chi connectivity index (χ1n) is 8.58. The predicted molar refractivity (Wildman–Crippen MR) is 99.7 cm³/mol. The molecule has 2 heterocycles. The first kappa shape index (κ1) is 19.1. The number of nitrogens with one attached hydrogen (secondary N) is 1. The fourth-order valence-electron chi connectivity index (χ4n) is 3.21. The van der Waals surface area contributed by atoms with Crippen LogP contribution in [0, 0.1) is 11.6 Å². The Kier molecular flexibility index (Phi) is 4.58. The minimum atomic E-state index is -1.67. The van der Waals surface area contributed by atoms with Gasteiger partial charge in [-0.2, -0.15) is 0 Å². The van der Waals surface area contributed by atoms with Gasteiger partial charge >= 0.3 is 6.03 Å². The molecule has 6 nitrogen and oxygen atoms in total. The smallest absolute Gasteiger partial charge is 0.325 e. The van der Waals surface area contributed by atoms with Crippen molar-refractivity contribution in [2.75, 3.05) is 0 Å². The number of imide groups is 1. The summed E-state index contributed by atoms with van der Waals surface area (Å²) in [6, 6.07) is 9.01. The molecule has 0 radical (unpaired) electrons. The van der Waals surface area contributed by atoms with Gasteiger partial charge in [-0.3, -0.25) is 9.69 Å². The van der Waals surface area contributed by atoms with Crippen LogP contribution in [-0.4, -0.2) is 21.8 Å². The van der Waals surface area contributed by atoms with E-state index in [-0.39, 0.29) is 18.0 Å². The van der Waals surface area contributed by atoms with Crippen LogP contribution in [0.25, 0.3) is 11.3 Å². The molecule has 0 spiro atoms. The molecular weight excluding hydrogens is 404 g/mol. The molecule has 3 aromatic rings. The van der Waals surface area contributed by atoms with Gasteiger partial charge in [-0.05, 0) is 25.1 Å². The minimum absolute atomic E-state index is 0.118. The average molecular weight is 418 g/mol. The van der Waals surface area contributed by atoms with Crippen molar-refractivity contribution in [1.29, 1.82) is 0 Å². The van der Waals surface area contributed by atoms with Gasteiger partial charge < -0.3 is 9.73 Å². The number of halogens is 3. The van der Waals surface area contributed by atoms with E-state index in [9.17, 15) is 18.4 Å². The van der Waals surface area contributed by atoms with E-state index in [1.165, 1.54) is 13.1 Å². The number of carbonyl (C=O) groups is 2. The second-order valence-corrected chi connectivity index (χ2v) is 7.14. The van der Waals surface area contributed by atoms with Crippen molar-refractivity contribution in [2.24, 2.45) is 0 Å². The molecule has 1 saturated heterocycles. The first-order chi connectivity index (χ1) is 13.8. The summed E-state index contributed by atoms with van der Waals surface area (Å²) < 4.78 is 33.1. The predicted octanol–water partition coefficient (Wildman–Crippen LogP) is 4.24. The highest BCUT2D eigenvalue weighted by molar-refractivity contribution is 6.30. The number of carbonyl (C=O) groups excluding carboxylic acids is 2. The van der Waals surface area contributed by atoms with Crippen LogP contribution in [-0.2, 0) is 16.9 Å². The third-order valence-electron chi connectivity index (χ3n) is 4.70. The molecule has 1 N–H and O–H groups in total. The van der Waals surface area contributed by atoms with Crippen molar-refractivity contribution >= 4 is 23.5 Å². The molecule has 1 aliphatic rings. The Balaban J connectivity index is 1.59. The van der Waals surface area contributed by atoms with E-state index < -0.39 is 29.1 Å². The summed E-state index contributed by atoms with van der Waals surface area (Å²) in [7, 11) is 0. The maximum Gasteiger partial charge on any atom is 0.325 e. The number of urea groups is 1. The fourth-order valence-corrected chi connectivity index (χ4v) is 3.40. The highest BCUT2D eigenvalue weighted by Gasteiger charge is 2.50. The summed E-state index contributed by atoms with van der Waals surface area (Å²) in [5.74, 6) is -1.87. The van der Waals surface area contributed by atoms with Crippen LogP contribution in [0.15, 0.2) is 53.1 Å². The van der Waals surface area contributed by atoms with Crippen molar-refractivity contribution in [3.05, 3.63) is 76.8 Å². The number of aromatic nitrogens is 1. The van der Waals surface area contributed by atoms with Gasteiger partial charge in [0.25, 0.3) is 5.91 Å². The van der Waals surface area contributed by atoms with Crippen LogP contribution < -0.4 is 5.32 Å². The molecule has 9 heteroatoms. The van der Waals surface area contributed by atoms with E-state index >= 15 is 0 Å². The van der Waals surface area contributed by atoms with Crippen LogP contribution in [0.2, 0.25) is 5.02 Å². The summed E-state index contributed by atoms with van der Waals surface area (Å²) in [5, 5.41) is 2.98. The molecule has 29 heavy (non-hydrogen) atoms. The zero-order valence-corrected chi connectivity index (χ0v) is 15.8. The molecule has 1 atom stereocenters. The van der Waals surface area contributed by atoms with Gasteiger partial charge in [0.05, 0.1) is 6.20 Å². The van der Waals surface area contributed by atoms with Gasteiger partial charge in [0.1, 0.15) is 23.7 Å². The fraction of sp³-hybridized carbons (Fsp3) is 0.150. The monoisotopic (exact) mass is 417 g/mol. The molecule has 1 fully saturated rings. The Morgan fingerprint density at radius 1 is 1.21 bits per heavy atom. The number of hydrogen-bond acceptors (Lipinski definition) is 4. The summed E-state index contributed by atoms with van der Waals surface area (Å²) in [4.78, 5) is 30.3. The van der Waals surface area contributed by atoms with Gasteiger partial charge in [0, 0.05) is 22.2 Å². The lowest BCUT2D eigenvalue weighted by Crippen LogP contribution is -2.41. The zero-order chi connectivity index (χ0) is 20.8. The Labute approximate surface area is 169 Å². The summed E-state index contributed by atoms with van der Waals surface area (Å²) in [6.07, 6.45) is 1.46. The number of hydrogen-bond donors (Lipinski definition) is 1. The molecule has 148 valence electrons. The molecular formula is C20H14ClF2N3O3. The molecule has 0 aliphatic carbocycles. The second-order valence-electron chi connectivity index (χ2n) is 6.70. The topological polar surface area (TPSA) is 75.4 Å². The number of rotatable bonds is 4. The third-order valence-corrected chi connectivity index (χ3v) is 4.94. The molecule has 4 rings (SSSR count). The number of nitrogens with zero attached hydrogens (tertiary/aromatic N) is 2. The van der Waals surface area contributed by atoms with E-state index in [0.717, 1.165) is 17.0 Å². The van der Waals surface area contributed by atoms with E-state index in [1.54, 1.807) is 24.3 Å². The lowest BCUT2D eigenvalue weighted by molar-refractivity contribution is -0.131. The molecule has 2 aromatic carbocycles. The van der Waals surface area contributed by atoms with Gasteiger partial charge in [0.15, 0.2) is 5.76 Å². The van der Waals surface area contributed by atoms with E-state index in [4.69, 9.17) is 16.0 Å². The zero-order valence-electron chi connectivity index (χ0n) is 15.1. The van der Waals surface area contributed by atoms with E-state index in [0.29, 0.717) is 22.4 Å². The molecule has 1 aromatic heterocycles. The van der Waals surface area contributed by atoms with Crippen LogP contribution in [0.4, 0.5) is 13.6 Å². The van der Waals surface area contributed by atoms with Gasteiger partial charge in [0.2, 0.25) is 5.89 Å². The first-order valence-corrected chi connectivity index (χ1v) is 8.96. The molecule has 0 bridgehead atoms. The Bertz CT molecular complexity index is 1130. The van der Waals surface area contributed by atoms with Crippen LogP contribution in [0.3, 0.4) is 0 Å². The van der Waals surface area contributed by atoms with E-state index in [2.05, 4.69) is 10.3 Å². The number of oxazole rings is 1. The van der Waals surface area contributed by atoms with Crippen molar-refractivity contribution in [1.82, 2.24) is 15.2 Å². The largest absolute Gasteiger partial charge is 0.439 e. The van der Waals surface area contributed by atoms with Crippen LogP contribution >= 0.6 is 11.6 Å². The van der Waals surface area contributed by atoms with Crippen molar-refractivity contribution < 1.29 is 22.8 Å². The van der Waals surface area contributed by atoms with Crippen LogP contribution in [0.5, 0.6) is 0 Å². The summed E-state index contributed by atoms with van der Waals surface area (Å²) >= 11 is 5.97. The summed E-state index contributed by atoms with van der Waals surface area (Å²) in [6.45, 7) is 1.11. The highest BCUT2D eigenvalue weighted by Crippen LogP contribution is 2.32. The Morgan fingerprint density at radius 2 is 2.00 bits per heavy atom. The quantitative estimate of drug-likeness (QED) is 0.644. The Hall–Kier alpha value is -3.26. The summed E-state index contributed by atoms with van der Waals surface area (Å²) in [5.41, 5.74) is -1.12. The molecule has 0 saturated carbocycles. The van der Waals surface area contributed by atoms with Gasteiger partial charge in [-0.1, -0.05) is 29.8 Å².